The average molecular weight is 565 g/mol. The van der Waals surface area contributed by atoms with Crippen LogP contribution in [0.15, 0.2) is 157 Å². The minimum absolute atomic E-state index is 0.827. The predicted molar refractivity (Wildman–Crippen MR) is 188 cm³/mol. The molecule has 6 aromatic carbocycles. The van der Waals surface area contributed by atoms with E-state index in [1.807, 2.05) is 12.1 Å². The summed E-state index contributed by atoms with van der Waals surface area (Å²) in [5.74, 6) is 0. The van der Waals surface area contributed by atoms with E-state index >= 15 is 0 Å². The molecule has 0 aliphatic rings. The fourth-order valence-electron chi connectivity index (χ4n) is 5.99. The van der Waals surface area contributed by atoms with Gasteiger partial charge in [0.2, 0.25) is 0 Å². The fraction of sp³-hybridized carbons (Fsp3) is 0.0476. The van der Waals surface area contributed by atoms with Gasteiger partial charge in [-0.25, -0.2) is 4.98 Å². The van der Waals surface area contributed by atoms with E-state index in [0.717, 1.165) is 66.9 Å². The molecule has 0 N–H and O–H groups in total. The van der Waals surface area contributed by atoms with Crippen LogP contribution in [0.1, 0.15) is 29.2 Å². The summed E-state index contributed by atoms with van der Waals surface area (Å²) >= 11 is 0. The van der Waals surface area contributed by atoms with Gasteiger partial charge in [-0.05, 0) is 58.5 Å². The van der Waals surface area contributed by atoms with Gasteiger partial charge in [0.1, 0.15) is 0 Å². The standard InChI is InChI=1S/C42H32N2/c1-28-14-12-21-34(26-28)39-27-40(33-18-8-5-9-19-33)44-42-38(39)25-24-36(41(42)43-30(3)31-15-6-4-7-16-31)29(2)35-23-13-20-32-17-10-11-22-37(32)35/h4-27H,2H2,1,3H3. The van der Waals surface area contributed by atoms with Crippen molar-refractivity contribution in [3.63, 3.8) is 0 Å². The molecule has 1 heterocycles. The lowest BCUT2D eigenvalue weighted by Gasteiger charge is -2.18. The summed E-state index contributed by atoms with van der Waals surface area (Å²) in [6, 6.07) is 50.8. The molecule has 210 valence electrons. The summed E-state index contributed by atoms with van der Waals surface area (Å²) in [5.41, 5.74) is 12.2. The molecule has 0 aliphatic heterocycles. The van der Waals surface area contributed by atoms with Crippen molar-refractivity contribution in [3.05, 3.63) is 174 Å². The molecule has 7 rings (SSSR count). The molecule has 0 saturated carbocycles. The first-order valence-electron chi connectivity index (χ1n) is 15.0. The minimum Gasteiger partial charge on any atom is -0.250 e. The van der Waals surface area contributed by atoms with E-state index in [0.29, 0.717) is 0 Å². The first-order chi connectivity index (χ1) is 21.6. The largest absolute Gasteiger partial charge is 0.250 e. The number of benzene rings is 6. The smallest absolute Gasteiger partial charge is 0.0978 e. The zero-order valence-electron chi connectivity index (χ0n) is 25.0. The van der Waals surface area contributed by atoms with Crippen LogP contribution >= 0.6 is 0 Å². The molecule has 1 aromatic heterocycles. The second-order valence-electron chi connectivity index (χ2n) is 11.2. The Morgan fingerprint density at radius 1 is 0.614 bits per heavy atom. The van der Waals surface area contributed by atoms with Crippen molar-refractivity contribution < 1.29 is 0 Å². The van der Waals surface area contributed by atoms with Crippen LogP contribution in [0.2, 0.25) is 0 Å². The van der Waals surface area contributed by atoms with Crippen molar-refractivity contribution in [1.29, 1.82) is 0 Å². The van der Waals surface area contributed by atoms with Gasteiger partial charge in [0.05, 0.1) is 16.9 Å². The topological polar surface area (TPSA) is 25.2 Å². The van der Waals surface area contributed by atoms with Gasteiger partial charge >= 0.3 is 0 Å². The van der Waals surface area contributed by atoms with Gasteiger partial charge in [0.25, 0.3) is 0 Å². The Bertz CT molecular complexity index is 2190. The molecule has 0 amide bonds. The highest BCUT2D eigenvalue weighted by atomic mass is 14.8. The summed E-state index contributed by atoms with van der Waals surface area (Å²) in [7, 11) is 0. The molecule has 0 spiro atoms. The normalized spacial score (nSPS) is 11.6. The molecular weight excluding hydrogens is 532 g/mol. The van der Waals surface area contributed by atoms with Crippen molar-refractivity contribution in [2.45, 2.75) is 13.8 Å². The van der Waals surface area contributed by atoms with Crippen molar-refractivity contribution in [1.82, 2.24) is 4.98 Å². The lowest BCUT2D eigenvalue weighted by molar-refractivity contribution is 1.36. The molecule has 2 nitrogen and oxygen atoms in total. The van der Waals surface area contributed by atoms with E-state index in [4.69, 9.17) is 9.98 Å². The number of nitrogens with zero attached hydrogens (tertiary/aromatic N) is 2. The van der Waals surface area contributed by atoms with Gasteiger partial charge in [-0.3, -0.25) is 4.99 Å². The molecule has 2 heteroatoms. The molecule has 44 heavy (non-hydrogen) atoms. The van der Waals surface area contributed by atoms with E-state index in [9.17, 15) is 0 Å². The minimum atomic E-state index is 0.827. The number of aliphatic imine (C=N–C) groups is 1. The summed E-state index contributed by atoms with van der Waals surface area (Å²) < 4.78 is 0. The first kappa shape index (κ1) is 27.2. The van der Waals surface area contributed by atoms with Crippen LogP contribution in [0.5, 0.6) is 0 Å². The number of rotatable bonds is 6. The van der Waals surface area contributed by atoms with Crippen LogP contribution in [-0.2, 0) is 0 Å². The van der Waals surface area contributed by atoms with Crippen LogP contribution in [-0.4, -0.2) is 10.7 Å². The number of hydrogen-bond donors (Lipinski definition) is 0. The third-order valence-corrected chi connectivity index (χ3v) is 8.26. The second-order valence-corrected chi connectivity index (χ2v) is 11.2. The molecular formula is C42H32N2. The van der Waals surface area contributed by atoms with Gasteiger partial charge in [-0.1, -0.05) is 152 Å². The number of aromatic nitrogens is 1. The van der Waals surface area contributed by atoms with Crippen molar-refractivity contribution in [2.24, 2.45) is 4.99 Å². The molecule has 0 radical (unpaired) electrons. The van der Waals surface area contributed by atoms with Gasteiger partial charge in [-0.2, -0.15) is 0 Å². The molecule has 7 aromatic rings. The Morgan fingerprint density at radius 2 is 1.30 bits per heavy atom. The summed E-state index contributed by atoms with van der Waals surface area (Å²) in [6.45, 7) is 8.87. The van der Waals surface area contributed by atoms with Gasteiger partial charge < -0.3 is 0 Å². The van der Waals surface area contributed by atoms with Crippen molar-refractivity contribution in [2.75, 3.05) is 0 Å². The van der Waals surface area contributed by atoms with Crippen molar-refractivity contribution in [3.8, 4) is 22.4 Å². The maximum absolute atomic E-state index is 5.36. The summed E-state index contributed by atoms with van der Waals surface area (Å²) in [4.78, 5) is 10.7. The van der Waals surface area contributed by atoms with Crippen LogP contribution < -0.4 is 0 Å². The molecule has 0 atom stereocenters. The maximum Gasteiger partial charge on any atom is 0.0978 e. The second kappa shape index (κ2) is 11.6. The lowest BCUT2D eigenvalue weighted by atomic mass is 9.90. The van der Waals surface area contributed by atoms with Crippen LogP contribution in [0.4, 0.5) is 5.69 Å². The fourth-order valence-corrected chi connectivity index (χ4v) is 5.99. The van der Waals surface area contributed by atoms with Crippen LogP contribution in [0, 0.1) is 6.92 Å². The van der Waals surface area contributed by atoms with E-state index < -0.39 is 0 Å². The first-order valence-corrected chi connectivity index (χ1v) is 15.0. The van der Waals surface area contributed by atoms with E-state index in [-0.39, 0.29) is 0 Å². The summed E-state index contributed by atoms with van der Waals surface area (Å²) in [6.07, 6.45) is 0. The average Bonchev–Trinajstić information content (AvgIpc) is 3.08. The Labute approximate surface area is 258 Å². The highest BCUT2D eigenvalue weighted by Gasteiger charge is 2.19. The highest BCUT2D eigenvalue weighted by Crippen LogP contribution is 2.42. The van der Waals surface area contributed by atoms with E-state index in [2.05, 4.69) is 154 Å². The number of aryl methyl sites for hydroxylation is 1. The van der Waals surface area contributed by atoms with Gasteiger partial charge in [0, 0.05) is 22.2 Å². The molecule has 0 fully saturated rings. The van der Waals surface area contributed by atoms with Crippen LogP contribution in [0.3, 0.4) is 0 Å². The maximum atomic E-state index is 5.36. The quantitative estimate of drug-likeness (QED) is 0.184. The van der Waals surface area contributed by atoms with Crippen molar-refractivity contribution >= 4 is 38.6 Å². The molecule has 0 bridgehead atoms. The highest BCUT2D eigenvalue weighted by molar-refractivity contribution is 6.10. The molecule has 0 aliphatic carbocycles. The number of hydrogen-bond acceptors (Lipinski definition) is 2. The summed E-state index contributed by atoms with van der Waals surface area (Å²) in [5, 5.41) is 3.41. The van der Waals surface area contributed by atoms with E-state index in [1.54, 1.807) is 0 Å². The Kier molecular flexibility index (Phi) is 7.17. The Balaban J connectivity index is 1.56. The third-order valence-electron chi connectivity index (χ3n) is 8.26. The SMILES string of the molecule is C=C(c1ccc2c(-c3cccc(C)c3)cc(-c3ccccc3)nc2c1N=C(C)c1ccccc1)c1cccc2ccccc12. The predicted octanol–water partition coefficient (Wildman–Crippen LogP) is 11.2. The zero-order chi connectivity index (χ0) is 30.0. The zero-order valence-corrected chi connectivity index (χ0v) is 25.0. The monoisotopic (exact) mass is 564 g/mol. The lowest BCUT2D eigenvalue weighted by Crippen LogP contribution is -1.98. The van der Waals surface area contributed by atoms with Gasteiger partial charge in [-0.15, -0.1) is 0 Å². The Hall–Kier alpha value is -5.60. The Morgan fingerprint density at radius 3 is 2.09 bits per heavy atom. The molecule has 0 saturated heterocycles. The van der Waals surface area contributed by atoms with E-state index in [1.165, 1.54) is 16.3 Å². The van der Waals surface area contributed by atoms with Gasteiger partial charge in [0.15, 0.2) is 0 Å². The van der Waals surface area contributed by atoms with Crippen LogP contribution in [0.25, 0.3) is 49.6 Å². The third kappa shape index (κ3) is 5.12. The number of fused-ring (bicyclic) bond motifs is 2. The molecule has 0 unspecified atom stereocenters. The number of pyridine rings is 1.